The summed E-state index contributed by atoms with van der Waals surface area (Å²) < 4.78 is 26.1. The summed E-state index contributed by atoms with van der Waals surface area (Å²) in [6.45, 7) is 0. The molecule has 0 aliphatic rings. The fourth-order valence-electron chi connectivity index (χ4n) is 0.591. The average molecular weight is 173 g/mol. The topological polar surface area (TPSA) is 56.3 Å². The van der Waals surface area contributed by atoms with E-state index in [0.717, 1.165) is 7.11 Å². The van der Waals surface area contributed by atoms with Gasteiger partial charge in [0.2, 0.25) is 0 Å². The van der Waals surface area contributed by atoms with Crippen LogP contribution in [-0.2, 0) is 14.3 Å². The first-order chi connectivity index (χ1) is 5.17. The van der Waals surface area contributed by atoms with Crippen molar-refractivity contribution in [2.45, 2.75) is 4.90 Å². The Morgan fingerprint density at radius 2 is 2.27 bits per heavy atom. The number of rotatable bonds is 2. The smallest absolute Gasteiger partial charge is 0.270 e. The number of nitrogens with zero attached hydrogens (tertiary/aromatic N) is 1. The lowest BCUT2D eigenvalue weighted by Gasteiger charge is -1.97. The van der Waals surface area contributed by atoms with Crippen molar-refractivity contribution in [1.29, 1.82) is 0 Å². The Morgan fingerprint density at radius 3 is 2.73 bits per heavy atom. The van der Waals surface area contributed by atoms with Gasteiger partial charge in [-0.2, -0.15) is 8.42 Å². The summed E-state index contributed by atoms with van der Waals surface area (Å²) in [6.07, 6.45) is 2.73. The minimum Gasteiger partial charge on any atom is -0.270 e. The average Bonchev–Trinajstić information content (AvgIpc) is 2.06. The molecule has 0 unspecified atom stereocenters. The summed E-state index contributed by atoms with van der Waals surface area (Å²) in [6, 6.07) is 2.96. The van der Waals surface area contributed by atoms with E-state index in [4.69, 9.17) is 0 Å². The third kappa shape index (κ3) is 1.75. The molecule has 0 fully saturated rings. The predicted octanol–water partition coefficient (Wildman–Crippen LogP) is 0.417. The normalized spacial score (nSPS) is 11.4. The molecule has 0 amide bonds. The van der Waals surface area contributed by atoms with Crippen LogP contribution >= 0.6 is 0 Å². The van der Waals surface area contributed by atoms with E-state index in [9.17, 15) is 8.42 Å². The highest BCUT2D eigenvalue weighted by atomic mass is 32.2. The molecule has 1 rings (SSSR count). The van der Waals surface area contributed by atoms with Gasteiger partial charge in [-0.3, -0.25) is 9.17 Å². The van der Waals surface area contributed by atoms with Crippen molar-refractivity contribution >= 4 is 10.1 Å². The maximum absolute atomic E-state index is 10.9. The summed E-state index contributed by atoms with van der Waals surface area (Å²) >= 11 is 0. The van der Waals surface area contributed by atoms with Gasteiger partial charge in [0, 0.05) is 12.4 Å². The van der Waals surface area contributed by atoms with E-state index in [1.165, 1.54) is 24.5 Å². The fourth-order valence-corrected chi connectivity index (χ4v) is 1.22. The van der Waals surface area contributed by atoms with Crippen LogP contribution in [0.4, 0.5) is 0 Å². The molecule has 0 aliphatic carbocycles. The summed E-state index contributed by atoms with van der Waals surface area (Å²) in [7, 11) is -2.45. The van der Waals surface area contributed by atoms with Gasteiger partial charge < -0.3 is 0 Å². The highest BCUT2D eigenvalue weighted by Gasteiger charge is 2.11. The van der Waals surface area contributed by atoms with Gasteiger partial charge in [-0.15, -0.1) is 0 Å². The first-order valence-corrected chi connectivity index (χ1v) is 4.28. The van der Waals surface area contributed by atoms with E-state index in [-0.39, 0.29) is 4.90 Å². The Bertz CT molecular complexity index is 319. The monoisotopic (exact) mass is 173 g/mol. The van der Waals surface area contributed by atoms with Gasteiger partial charge in [-0.25, -0.2) is 0 Å². The van der Waals surface area contributed by atoms with E-state index < -0.39 is 10.1 Å². The highest BCUT2D eigenvalue weighted by molar-refractivity contribution is 7.86. The molecule has 0 aliphatic heterocycles. The van der Waals surface area contributed by atoms with Crippen LogP contribution in [0, 0.1) is 0 Å². The van der Waals surface area contributed by atoms with Crippen LogP contribution in [0.5, 0.6) is 0 Å². The van der Waals surface area contributed by atoms with Crippen LogP contribution in [0.2, 0.25) is 0 Å². The molecule has 60 valence electrons. The quantitative estimate of drug-likeness (QED) is 0.608. The van der Waals surface area contributed by atoms with Gasteiger partial charge in [0.15, 0.2) is 0 Å². The summed E-state index contributed by atoms with van der Waals surface area (Å²) in [5.74, 6) is 0. The van der Waals surface area contributed by atoms with Gasteiger partial charge in [0.05, 0.1) is 7.11 Å². The maximum atomic E-state index is 10.9. The molecule has 0 spiro atoms. The molecule has 0 bridgehead atoms. The Labute approximate surface area is 65.0 Å². The molecule has 0 saturated heterocycles. The zero-order valence-corrected chi connectivity index (χ0v) is 6.71. The van der Waals surface area contributed by atoms with Crippen molar-refractivity contribution in [3.8, 4) is 0 Å². The van der Waals surface area contributed by atoms with Crippen LogP contribution in [0.1, 0.15) is 0 Å². The van der Waals surface area contributed by atoms with Crippen LogP contribution in [-0.4, -0.2) is 20.5 Å². The molecule has 1 aromatic rings. The Kier molecular flexibility index (Phi) is 2.21. The van der Waals surface area contributed by atoms with E-state index in [2.05, 4.69) is 9.17 Å². The maximum Gasteiger partial charge on any atom is 0.298 e. The van der Waals surface area contributed by atoms with Crippen LogP contribution in [0.25, 0.3) is 0 Å². The van der Waals surface area contributed by atoms with Crippen molar-refractivity contribution in [2.75, 3.05) is 7.11 Å². The molecule has 11 heavy (non-hydrogen) atoms. The van der Waals surface area contributed by atoms with E-state index in [1.54, 1.807) is 0 Å². The molecule has 0 aromatic carbocycles. The third-order valence-electron chi connectivity index (χ3n) is 1.14. The van der Waals surface area contributed by atoms with Crippen molar-refractivity contribution in [1.82, 2.24) is 4.98 Å². The highest BCUT2D eigenvalue weighted by Crippen LogP contribution is 2.07. The first-order valence-electron chi connectivity index (χ1n) is 2.87. The summed E-state index contributed by atoms with van der Waals surface area (Å²) in [4.78, 5) is 3.71. The SMILES string of the molecule is COS(=O)(=O)c1cccnc1. The Balaban J connectivity index is 3.14. The van der Waals surface area contributed by atoms with Gasteiger partial charge >= 0.3 is 0 Å². The fraction of sp³-hybridized carbons (Fsp3) is 0.167. The minimum absolute atomic E-state index is 0.0718. The number of aromatic nitrogens is 1. The molecule has 0 radical (unpaired) electrons. The summed E-state index contributed by atoms with van der Waals surface area (Å²) in [5.41, 5.74) is 0. The van der Waals surface area contributed by atoms with Gasteiger partial charge in [-0.05, 0) is 12.1 Å². The van der Waals surface area contributed by atoms with Crippen molar-refractivity contribution in [2.24, 2.45) is 0 Å². The molecule has 1 aromatic heterocycles. The van der Waals surface area contributed by atoms with Crippen LogP contribution < -0.4 is 0 Å². The van der Waals surface area contributed by atoms with Crippen molar-refractivity contribution in [3.05, 3.63) is 24.5 Å². The second-order valence-electron chi connectivity index (χ2n) is 1.81. The van der Waals surface area contributed by atoms with Crippen molar-refractivity contribution in [3.63, 3.8) is 0 Å². The number of hydrogen-bond acceptors (Lipinski definition) is 4. The Hall–Kier alpha value is -0.940. The zero-order valence-electron chi connectivity index (χ0n) is 5.89. The molecule has 4 nitrogen and oxygen atoms in total. The zero-order chi connectivity index (χ0) is 8.32. The number of pyridine rings is 1. The molecular formula is C6H7NO3S. The molecule has 0 N–H and O–H groups in total. The molecule has 0 atom stereocenters. The van der Waals surface area contributed by atoms with E-state index in [1.807, 2.05) is 0 Å². The molecule has 1 heterocycles. The molecule has 0 saturated carbocycles. The molecular weight excluding hydrogens is 166 g/mol. The summed E-state index contributed by atoms with van der Waals surface area (Å²) in [5, 5.41) is 0. The lowest BCUT2D eigenvalue weighted by Crippen LogP contribution is -2.02. The van der Waals surface area contributed by atoms with Crippen LogP contribution in [0.15, 0.2) is 29.4 Å². The molecule has 5 heteroatoms. The lowest BCUT2D eigenvalue weighted by atomic mass is 10.5. The second kappa shape index (κ2) is 2.98. The van der Waals surface area contributed by atoms with Gasteiger partial charge in [-0.1, -0.05) is 0 Å². The Morgan fingerprint density at radius 1 is 1.55 bits per heavy atom. The third-order valence-corrected chi connectivity index (χ3v) is 2.40. The lowest BCUT2D eigenvalue weighted by molar-refractivity contribution is 0.397. The minimum atomic E-state index is -3.56. The first kappa shape index (κ1) is 8.16. The predicted molar refractivity (Wildman–Crippen MR) is 38.4 cm³/mol. The number of hydrogen-bond donors (Lipinski definition) is 0. The standard InChI is InChI=1S/C6H7NO3S/c1-10-11(8,9)6-3-2-4-7-5-6/h2-5H,1H3. The largest absolute Gasteiger partial charge is 0.298 e. The van der Waals surface area contributed by atoms with Crippen molar-refractivity contribution < 1.29 is 12.6 Å². The van der Waals surface area contributed by atoms with Gasteiger partial charge in [0.1, 0.15) is 4.90 Å². The van der Waals surface area contributed by atoms with E-state index >= 15 is 0 Å². The second-order valence-corrected chi connectivity index (χ2v) is 3.52. The van der Waals surface area contributed by atoms with Crippen LogP contribution in [0.3, 0.4) is 0 Å². The van der Waals surface area contributed by atoms with E-state index in [0.29, 0.717) is 0 Å². The van der Waals surface area contributed by atoms with Gasteiger partial charge in [0.25, 0.3) is 10.1 Å².